The maximum Gasteiger partial charge on any atom is 0.260 e. The van der Waals surface area contributed by atoms with Crippen molar-refractivity contribution in [1.82, 2.24) is 40.0 Å². The summed E-state index contributed by atoms with van der Waals surface area (Å²) in [5.74, 6) is 0.368. The number of aromatic nitrogens is 4. The maximum absolute atomic E-state index is 12.9. The number of anilines is 3. The number of imidazole rings is 1. The number of carbonyl (C=O) groups is 4. The fourth-order valence-corrected chi connectivity index (χ4v) is 8.99. The molecule has 1 saturated carbocycles. The molecular weight excluding hydrogens is 801 g/mol. The number of nitrogens with zero attached hydrogens (tertiary/aromatic N) is 7. The number of amides is 4. The average molecular weight is 855 g/mol. The van der Waals surface area contributed by atoms with Crippen LogP contribution in [0.2, 0.25) is 0 Å². The number of rotatable bonds is 15. The lowest BCUT2D eigenvalue weighted by molar-refractivity contribution is -0.136. The van der Waals surface area contributed by atoms with Crippen LogP contribution in [-0.4, -0.2) is 124 Å². The number of carbonyl (C=O) groups excluding carboxylic acids is 4. The normalized spacial score (nSPS) is 20.9. The van der Waals surface area contributed by atoms with Crippen LogP contribution in [0.4, 0.5) is 17.2 Å². The molecule has 1 unspecified atom stereocenters. The minimum absolute atomic E-state index is 0.0432. The largest absolute Gasteiger partial charge is 0.484 e. The van der Waals surface area contributed by atoms with Crippen molar-refractivity contribution in [1.29, 1.82) is 0 Å². The van der Waals surface area contributed by atoms with Crippen molar-refractivity contribution in [2.24, 2.45) is 0 Å². The second-order valence-corrected chi connectivity index (χ2v) is 16.9. The lowest BCUT2D eigenvalue weighted by Crippen LogP contribution is -2.48. The van der Waals surface area contributed by atoms with Gasteiger partial charge in [0.05, 0.1) is 31.4 Å². The molecule has 9 rings (SSSR count). The second-order valence-electron chi connectivity index (χ2n) is 16.9. The number of benzene rings is 3. The van der Waals surface area contributed by atoms with Gasteiger partial charge in [-0.2, -0.15) is 0 Å². The molecule has 3 saturated heterocycles. The van der Waals surface area contributed by atoms with Gasteiger partial charge in [0.15, 0.2) is 23.6 Å². The predicted molar refractivity (Wildman–Crippen MR) is 237 cm³/mol. The maximum atomic E-state index is 12.9. The molecule has 4 fully saturated rings. The lowest BCUT2D eigenvalue weighted by atomic mass is 9.86. The summed E-state index contributed by atoms with van der Waals surface area (Å²) in [7, 11) is 0. The zero-order valence-corrected chi connectivity index (χ0v) is 35.4. The number of piperazine rings is 1. The van der Waals surface area contributed by atoms with Crippen molar-refractivity contribution in [2.45, 2.75) is 69.1 Å². The predicted octanol–water partition coefficient (Wildman–Crippen LogP) is 4.36. The fraction of sp³-hybridized carbons (Fsp3) is 0.426. The summed E-state index contributed by atoms with van der Waals surface area (Å²) in [6.07, 6.45) is 8.02. The minimum atomic E-state index is -0.349. The van der Waals surface area contributed by atoms with E-state index in [0.29, 0.717) is 50.5 Å². The molecule has 16 heteroatoms. The standard InChI is InChI=1S/C47H54N10O6/c58-41-15-14-40(47(61)53-41)33-6-12-38(13-7-33)63-29-43(60)56-18-16-39(17-19-56)62-25-24-54-20-22-55(23-21-54)36-10-8-34(9-11-36)52-45-44-46(49-30-48-45)57(31-50-44)37-27-35(28-37)51-42(59)26-32-4-2-1-3-5-32/h1-13,30-31,35,37,39-40H,14-29H2,(H,51,59)(H,48,49,52)(H,53,58,61). The van der Waals surface area contributed by atoms with E-state index in [-0.39, 0.29) is 54.3 Å². The summed E-state index contributed by atoms with van der Waals surface area (Å²) in [6.45, 7) is 6.56. The Morgan fingerprint density at radius 2 is 1.59 bits per heavy atom. The molecule has 5 aromatic rings. The van der Waals surface area contributed by atoms with E-state index in [4.69, 9.17) is 9.47 Å². The molecule has 1 atom stereocenters. The molecule has 328 valence electrons. The van der Waals surface area contributed by atoms with E-state index in [1.165, 1.54) is 5.69 Å². The highest BCUT2D eigenvalue weighted by molar-refractivity contribution is 6.01. The van der Waals surface area contributed by atoms with E-state index < -0.39 is 0 Å². The fourth-order valence-electron chi connectivity index (χ4n) is 8.99. The second kappa shape index (κ2) is 19.3. The van der Waals surface area contributed by atoms with Gasteiger partial charge >= 0.3 is 0 Å². The van der Waals surface area contributed by atoms with Crippen LogP contribution in [0, 0.1) is 0 Å². The minimum Gasteiger partial charge on any atom is -0.484 e. The SMILES string of the molecule is O=C1CCC(c2ccc(OCC(=O)N3CCC(OCCN4CCN(c5ccc(Nc6ncnc7c6ncn7C6CC(NC(=O)Cc7ccccc7)C6)cc5)CC4)CC3)cc2)C(=O)N1. The van der Waals surface area contributed by atoms with Crippen LogP contribution < -0.4 is 25.6 Å². The third kappa shape index (κ3) is 10.3. The molecule has 1 aliphatic carbocycles. The molecule has 4 amide bonds. The molecule has 5 heterocycles. The van der Waals surface area contributed by atoms with Crippen molar-refractivity contribution < 1.29 is 28.7 Å². The van der Waals surface area contributed by atoms with E-state index in [2.05, 4.69) is 69.5 Å². The Labute approximate surface area is 366 Å². The van der Waals surface area contributed by atoms with Crippen LogP contribution in [0.15, 0.2) is 91.5 Å². The number of hydrogen-bond acceptors (Lipinski definition) is 12. The summed E-state index contributed by atoms with van der Waals surface area (Å²) >= 11 is 0. The van der Waals surface area contributed by atoms with Crippen LogP contribution in [0.3, 0.4) is 0 Å². The first-order valence-electron chi connectivity index (χ1n) is 22.1. The first-order valence-corrected chi connectivity index (χ1v) is 22.1. The number of fused-ring (bicyclic) bond motifs is 1. The Balaban J connectivity index is 0.656. The number of nitrogens with one attached hydrogen (secondary N) is 3. The van der Waals surface area contributed by atoms with Gasteiger partial charge in [-0.25, -0.2) is 15.0 Å². The molecule has 3 N–H and O–H groups in total. The number of piperidine rings is 2. The summed E-state index contributed by atoms with van der Waals surface area (Å²) in [4.78, 5) is 69.5. The Morgan fingerprint density at radius 1 is 0.825 bits per heavy atom. The molecule has 3 aromatic carbocycles. The molecule has 4 aliphatic rings. The van der Waals surface area contributed by atoms with Gasteiger partial charge in [0, 0.05) is 75.7 Å². The van der Waals surface area contributed by atoms with E-state index >= 15 is 0 Å². The molecule has 16 nitrogen and oxygen atoms in total. The molecule has 0 radical (unpaired) electrons. The Bertz CT molecular complexity index is 2370. The van der Waals surface area contributed by atoms with E-state index in [1.54, 1.807) is 18.5 Å². The zero-order chi connectivity index (χ0) is 43.1. The van der Waals surface area contributed by atoms with Crippen molar-refractivity contribution >= 4 is 52.0 Å². The number of ether oxygens (including phenoxy) is 2. The van der Waals surface area contributed by atoms with Crippen LogP contribution in [0.5, 0.6) is 5.75 Å². The Hall–Kier alpha value is -6.39. The van der Waals surface area contributed by atoms with E-state index in [9.17, 15) is 19.2 Å². The van der Waals surface area contributed by atoms with Crippen molar-refractivity contribution in [2.75, 3.05) is 69.2 Å². The van der Waals surface area contributed by atoms with Gasteiger partial charge in [-0.15, -0.1) is 0 Å². The summed E-state index contributed by atoms with van der Waals surface area (Å²) in [5.41, 5.74) is 5.44. The first kappa shape index (κ1) is 41.9. The van der Waals surface area contributed by atoms with Gasteiger partial charge in [-0.3, -0.25) is 29.4 Å². The van der Waals surface area contributed by atoms with Gasteiger partial charge in [0.1, 0.15) is 12.1 Å². The van der Waals surface area contributed by atoms with Crippen LogP contribution in [0.25, 0.3) is 11.2 Å². The average Bonchev–Trinajstić information content (AvgIpc) is 3.72. The summed E-state index contributed by atoms with van der Waals surface area (Å²) in [6, 6.07) is 25.8. The molecule has 2 aromatic heterocycles. The third-order valence-corrected chi connectivity index (χ3v) is 12.7. The van der Waals surface area contributed by atoms with Gasteiger partial charge in [0.2, 0.25) is 17.7 Å². The Kier molecular flexibility index (Phi) is 12.9. The van der Waals surface area contributed by atoms with Crippen LogP contribution >= 0.6 is 0 Å². The molecule has 0 bridgehead atoms. The first-order chi connectivity index (χ1) is 30.8. The molecule has 3 aliphatic heterocycles. The highest BCUT2D eigenvalue weighted by Gasteiger charge is 2.33. The zero-order valence-electron chi connectivity index (χ0n) is 35.4. The van der Waals surface area contributed by atoms with Gasteiger partial charge < -0.3 is 34.5 Å². The van der Waals surface area contributed by atoms with Crippen molar-refractivity contribution in [3.63, 3.8) is 0 Å². The van der Waals surface area contributed by atoms with Gasteiger partial charge in [-0.05, 0) is 79.6 Å². The van der Waals surface area contributed by atoms with Gasteiger partial charge in [-0.1, -0.05) is 42.5 Å². The summed E-state index contributed by atoms with van der Waals surface area (Å²) in [5, 5.41) is 9.00. The highest BCUT2D eigenvalue weighted by Crippen LogP contribution is 2.35. The summed E-state index contributed by atoms with van der Waals surface area (Å²) < 4.78 is 14.1. The Morgan fingerprint density at radius 3 is 2.33 bits per heavy atom. The number of imide groups is 1. The lowest BCUT2D eigenvalue weighted by Gasteiger charge is -2.36. The van der Waals surface area contributed by atoms with Crippen molar-refractivity contribution in [3.05, 3.63) is 103 Å². The number of likely N-dealkylation sites (tertiary alicyclic amines) is 1. The topological polar surface area (TPSA) is 176 Å². The quantitative estimate of drug-likeness (QED) is 0.127. The van der Waals surface area contributed by atoms with Gasteiger partial charge in [0.25, 0.3) is 5.91 Å². The van der Waals surface area contributed by atoms with Crippen molar-refractivity contribution in [3.8, 4) is 5.75 Å². The molecular formula is C47H54N10O6. The smallest absolute Gasteiger partial charge is 0.260 e. The number of hydrogen-bond donors (Lipinski definition) is 3. The molecule has 63 heavy (non-hydrogen) atoms. The van der Waals surface area contributed by atoms with Crippen LogP contribution in [0.1, 0.15) is 61.6 Å². The van der Waals surface area contributed by atoms with Crippen LogP contribution in [-0.2, 0) is 30.3 Å². The third-order valence-electron chi connectivity index (χ3n) is 12.7. The highest BCUT2D eigenvalue weighted by atomic mass is 16.5. The monoisotopic (exact) mass is 854 g/mol. The molecule has 0 spiro atoms. The van der Waals surface area contributed by atoms with E-state index in [0.717, 1.165) is 86.4 Å². The van der Waals surface area contributed by atoms with E-state index in [1.807, 2.05) is 53.7 Å².